The molecule has 0 spiro atoms. The molecule has 0 aliphatic carbocycles. The zero-order valence-corrected chi connectivity index (χ0v) is 12.4. The standard InChI is InChI=1S/C12H11BrN6O/c1-7(12-15-8(2)20-17-12)19-6-11(16-18-19)9-3-10(13)5-14-4-9/h3-7H,1-2H3. The number of pyridine rings is 1. The summed E-state index contributed by atoms with van der Waals surface area (Å²) in [7, 11) is 0. The van der Waals surface area contributed by atoms with Gasteiger partial charge in [-0.25, -0.2) is 4.68 Å². The number of nitrogens with zero attached hydrogens (tertiary/aromatic N) is 6. The highest BCUT2D eigenvalue weighted by molar-refractivity contribution is 9.10. The number of hydrogen-bond acceptors (Lipinski definition) is 6. The maximum Gasteiger partial charge on any atom is 0.223 e. The number of hydrogen-bond donors (Lipinski definition) is 0. The summed E-state index contributed by atoms with van der Waals surface area (Å²) in [6.45, 7) is 3.69. The van der Waals surface area contributed by atoms with E-state index >= 15 is 0 Å². The molecule has 0 N–H and O–H groups in total. The van der Waals surface area contributed by atoms with Crippen LogP contribution in [0.5, 0.6) is 0 Å². The molecular weight excluding hydrogens is 324 g/mol. The van der Waals surface area contributed by atoms with E-state index in [2.05, 4.69) is 41.4 Å². The van der Waals surface area contributed by atoms with Gasteiger partial charge in [0.2, 0.25) is 5.89 Å². The Bertz CT molecular complexity index is 737. The van der Waals surface area contributed by atoms with Gasteiger partial charge in [0.1, 0.15) is 11.7 Å². The third kappa shape index (κ3) is 2.46. The molecule has 0 aliphatic heterocycles. The van der Waals surface area contributed by atoms with Crippen LogP contribution in [0.25, 0.3) is 11.3 Å². The van der Waals surface area contributed by atoms with Crippen LogP contribution in [-0.4, -0.2) is 30.1 Å². The van der Waals surface area contributed by atoms with Crippen molar-refractivity contribution in [2.45, 2.75) is 19.9 Å². The number of rotatable bonds is 3. The molecule has 0 saturated carbocycles. The maximum atomic E-state index is 4.98. The molecule has 1 unspecified atom stereocenters. The third-order valence-electron chi connectivity index (χ3n) is 2.82. The van der Waals surface area contributed by atoms with Crippen molar-refractivity contribution in [2.75, 3.05) is 0 Å². The first-order chi connectivity index (χ1) is 9.63. The lowest BCUT2D eigenvalue weighted by Gasteiger charge is -2.04. The van der Waals surface area contributed by atoms with Gasteiger partial charge in [-0.05, 0) is 28.9 Å². The van der Waals surface area contributed by atoms with Crippen LogP contribution >= 0.6 is 15.9 Å². The molecule has 0 bridgehead atoms. The summed E-state index contributed by atoms with van der Waals surface area (Å²) in [5.41, 5.74) is 1.63. The molecule has 0 fully saturated rings. The van der Waals surface area contributed by atoms with Crippen LogP contribution in [0.4, 0.5) is 0 Å². The first-order valence-electron chi connectivity index (χ1n) is 5.96. The quantitative estimate of drug-likeness (QED) is 0.731. The summed E-state index contributed by atoms with van der Waals surface area (Å²) in [5, 5.41) is 12.2. The molecule has 1 atom stereocenters. The Morgan fingerprint density at radius 2 is 2.20 bits per heavy atom. The molecule has 20 heavy (non-hydrogen) atoms. The highest BCUT2D eigenvalue weighted by Crippen LogP contribution is 2.21. The molecule has 0 radical (unpaired) electrons. The molecule has 8 heteroatoms. The highest BCUT2D eigenvalue weighted by Gasteiger charge is 2.16. The average Bonchev–Trinajstić information content (AvgIpc) is 3.07. The van der Waals surface area contributed by atoms with E-state index in [1.54, 1.807) is 24.0 Å². The summed E-state index contributed by atoms with van der Waals surface area (Å²) in [5.74, 6) is 1.11. The van der Waals surface area contributed by atoms with Gasteiger partial charge in [0.25, 0.3) is 0 Å². The van der Waals surface area contributed by atoms with Gasteiger partial charge >= 0.3 is 0 Å². The molecule has 0 aromatic carbocycles. The minimum absolute atomic E-state index is 0.145. The monoisotopic (exact) mass is 334 g/mol. The van der Waals surface area contributed by atoms with Gasteiger partial charge in [-0.15, -0.1) is 5.10 Å². The predicted octanol–water partition coefficient (Wildman–Crippen LogP) is 2.40. The summed E-state index contributed by atoms with van der Waals surface area (Å²) in [6.07, 6.45) is 5.29. The average molecular weight is 335 g/mol. The van der Waals surface area contributed by atoms with Gasteiger partial charge in [-0.2, -0.15) is 4.98 Å². The Morgan fingerprint density at radius 1 is 1.35 bits per heavy atom. The summed E-state index contributed by atoms with van der Waals surface area (Å²) >= 11 is 3.38. The Morgan fingerprint density at radius 3 is 2.90 bits per heavy atom. The molecule has 0 aliphatic rings. The van der Waals surface area contributed by atoms with E-state index < -0.39 is 0 Å². The van der Waals surface area contributed by atoms with Gasteiger partial charge in [0.15, 0.2) is 5.82 Å². The zero-order chi connectivity index (χ0) is 14.1. The van der Waals surface area contributed by atoms with E-state index in [1.807, 2.05) is 19.2 Å². The van der Waals surface area contributed by atoms with Crippen LogP contribution in [0, 0.1) is 6.92 Å². The molecule has 0 amide bonds. The van der Waals surface area contributed by atoms with Crippen LogP contribution in [0.15, 0.2) is 33.7 Å². The van der Waals surface area contributed by atoms with Crippen molar-refractivity contribution in [3.8, 4) is 11.3 Å². The molecule has 3 aromatic rings. The Hall–Kier alpha value is -2.09. The van der Waals surface area contributed by atoms with E-state index in [0.29, 0.717) is 11.7 Å². The van der Waals surface area contributed by atoms with Crippen molar-refractivity contribution in [1.29, 1.82) is 0 Å². The number of halogens is 1. The van der Waals surface area contributed by atoms with Gasteiger partial charge in [0.05, 0.1) is 6.20 Å². The van der Waals surface area contributed by atoms with Gasteiger partial charge in [-0.3, -0.25) is 4.98 Å². The van der Waals surface area contributed by atoms with Gasteiger partial charge in [0, 0.05) is 29.4 Å². The Balaban J connectivity index is 1.90. The lowest BCUT2D eigenvalue weighted by atomic mass is 10.2. The first-order valence-corrected chi connectivity index (χ1v) is 6.76. The van der Waals surface area contributed by atoms with Gasteiger partial charge in [-0.1, -0.05) is 10.4 Å². The van der Waals surface area contributed by atoms with Crippen molar-refractivity contribution in [1.82, 2.24) is 30.1 Å². The lowest BCUT2D eigenvalue weighted by molar-refractivity contribution is 0.377. The Kier molecular flexibility index (Phi) is 3.31. The molecule has 3 aromatic heterocycles. The van der Waals surface area contributed by atoms with Crippen LogP contribution < -0.4 is 0 Å². The topological polar surface area (TPSA) is 82.5 Å². The van der Waals surface area contributed by atoms with E-state index in [4.69, 9.17) is 4.52 Å². The third-order valence-corrected chi connectivity index (χ3v) is 3.26. The van der Waals surface area contributed by atoms with Crippen molar-refractivity contribution in [3.05, 3.63) is 40.8 Å². The van der Waals surface area contributed by atoms with E-state index in [1.165, 1.54) is 0 Å². The predicted molar refractivity (Wildman–Crippen MR) is 73.8 cm³/mol. The minimum atomic E-state index is -0.145. The largest absolute Gasteiger partial charge is 0.340 e. The van der Waals surface area contributed by atoms with Crippen LogP contribution in [0.1, 0.15) is 24.7 Å². The van der Waals surface area contributed by atoms with Crippen molar-refractivity contribution >= 4 is 15.9 Å². The lowest BCUT2D eigenvalue weighted by Crippen LogP contribution is -2.09. The molecule has 3 heterocycles. The van der Waals surface area contributed by atoms with E-state index in [0.717, 1.165) is 15.7 Å². The normalized spacial score (nSPS) is 12.6. The van der Waals surface area contributed by atoms with Crippen molar-refractivity contribution in [3.63, 3.8) is 0 Å². The number of aryl methyl sites for hydroxylation is 1. The van der Waals surface area contributed by atoms with E-state index in [9.17, 15) is 0 Å². The van der Waals surface area contributed by atoms with Crippen LogP contribution in [0.3, 0.4) is 0 Å². The second-order valence-corrected chi connectivity index (χ2v) is 5.24. The fourth-order valence-electron chi connectivity index (χ4n) is 1.75. The fraction of sp³-hybridized carbons (Fsp3) is 0.250. The van der Waals surface area contributed by atoms with Gasteiger partial charge < -0.3 is 4.52 Å². The smallest absolute Gasteiger partial charge is 0.223 e. The molecule has 0 saturated heterocycles. The minimum Gasteiger partial charge on any atom is -0.340 e. The van der Waals surface area contributed by atoms with Crippen molar-refractivity contribution in [2.24, 2.45) is 0 Å². The molecule has 102 valence electrons. The Labute approximate surface area is 123 Å². The molecular formula is C12H11BrN6O. The zero-order valence-electron chi connectivity index (χ0n) is 10.9. The summed E-state index contributed by atoms with van der Waals surface area (Å²) < 4.78 is 7.57. The van der Waals surface area contributed by atoms with Crippen LogP contribution in [0.2, 0.25) is 0 Å². The second-order valence-electron chi connectivity index (χ2n) is 4.32. The number of aromatic nitrogens is 6. The summed E-state index contributed by atoms with van der Waals surface area (Å²) in [6, 6.07) is 1.79. The van der Waals surface area contributed by atoms with Crippen LogP contribution in [-0.2, 0) is 0 Å². The second kappa shape index (κ2) is 5.12. The highest BCUT2D eigenvalue weighted by atomic mass is 79.9. The first kappa shape index (κ1) is 12.9. The molecule has 3 rings (SSSR count). The fourth-order valence-corrected chi connectivity index (χ4v) is 2.12. The maximum absolute atomic E-state index is 4.98. The van der Waals surface area contributed by atoms with E-state index in [-0.39, 0.29) is 6.04 Å². The van der Waals surface area contributed by atoms with Crippen molar-refractivity contribution < 1.29 is 4.52 Å². The molecule has 7 nitrogen and oxygen atoms in total. The summed E-state index contributed by atoms with van der Waals surface area (Å²) in [4.78, 5) is 8.31. The SMILES string of the molecule is Cc1nc(C(C)n2cc(-c3cncc(Br)c3)nn2)no1.